The average Bonchev–Trinajstić information content (AvgIpc) is 2.88. The minimum atomic E-state index is -0.947. The van der Waals surface area contributed by atoms with E-state index in [2.05, 4.69) is 0 Å². The second kappa shape index (κ2) is 5.73. The lowest BCUT2D eigenvalue weighted by Gasteiger charge is -2.25. The molecule has 2 rings (SSSR count). The number of rotatable bonds is 4. The monoisotopic (exact) mass is 263 g/mol. The molecule has 1 saturated heterocycles. The lowest BCUT2D eigenvalue weighted by molar-refractivity contribution is -0.150. The fourth-order valence-electron chi connectivity index (χ4n) is 2.27. The summed E-state index contributed by atoms with van der Waals surface area (Å²) in [6.07, 6.45) is 0.558. The highest BCUT2D eigenvalue weighted by molar-refractivity contribution is 5.86. The summed E-state index contributed by atoms with van der Waals surface area (Å²) < 4.78 is 5.53. The van der Waals surface area contributed by atoms with E-state index in [4.69, 9.17) is 9.84 Å². The summed E-state index contributed by atoms with van der Waals surface area (Å²) in [6, 6.07) is 8.32. The van der Waals surface area contributed by atoms with Crippen LogP contribution in [0.15, 0.2) is 30.3 Å². The molecule has 0 spiro atoms. The van der Waals surface area contributed by atoms with E-state index in [1.165, 1.54) is 4.90 Å². The van der Waals surface area contributed by atoms with Crippen LogP contribution in [-0.4, -0.2) is 40.6 Å². The van der Waals surface area contributed by atoms with Crippen molar-refractivity contribution in [3.05, 3.63) is 30.3 Å². The van der Waals surface area contributed by atoms with Gasteiger partial charge in [0, 0.05) is 6.54 Å². The number of amides is 1. The summed E-state index contributed by atoms with van der Waals surface area (Å²) in [5.41, 5.74) is 0. The number of ether oxygens (including phenoxy) is 1. The van der Waals surface area contributed by atoms with E-state index in [1.54, 1.807) is 19.1 Å². The fraction of sp³-hybridized carbons (Fsp3) is 0.429. The van der Waals surface area contributed by atoms with Crippen LogP contribution < -0.4 is 4.74 Å². The van der Waals surface area contributed by atoms with Gasteiger partial charge in [-0.25, -0.2) is 4.79 Å². The summed E-state index contributed by atoms with van der Waals surface area (Å²) in [7, 11) is 0. The number of hydrogen-bond donors (Lipinski definition) is 1. The molecular formula is C14H17NO4. The number of likely N-dealkylation sites (tertiary alicyclic amines) is 1. The maximum Gasteiger partial charge on any atom is 0.326 e. The third-order valence-electron chi connectivity index (χ3n) is 3.22. The number of para-hydroxylation sites is 1. The number of benzene rings is 1. The third-order valence-corrected chi connectivity index (χ3v) is 3.22. The molecule has 0 radical (unpaired) electrons. The minimum absolute atomic E-state index is 0.270. The van der Waals surface area contributed by atoms with Crippen LogP contribution in [0.2, 0.25) is 0 Å². The van der Waals surface area contributed by atoms with Crippen LogP contribution in [0.1, 0.15) is 19.8 Å². The van der Waals surface area contributed by atoms with Gasteiger partial charge in [0.25, 0.3) is 5.91 Å². The van der Waals surface area contributed by atoms with Gasteiger partial charge in [0.15, 0.2) is 6.10 Å². The largest absolute Gasteiger partial charge is 0.481 e. The molecule has 5 heteroatoms. The van der Waals surface area contributed by atoms with Gasteiger partial charge in [0.05, 0.1) is 0 Å². The predicted octanol–water partition coefficient (Wildman–Crippen LogP) is 1.53. The van der Waals surface area contributed by atoms with Crippen molar-refractivity contribution in [3.8, 4) is 5.75 Å². The summed E-state index contributed by atoms with van der Waals surface area (Å²) in [6.45, 7) is 2.13. The first-order valence-electron chi connectivity index (χ1n) is 6.34. The van der Waals surface area contributed by atoms with E-state index in [1.807, 2.05) is 18.2 Å². The van der Waals surface area contributed by atoms with Crippen molar-refractivity contribution in [2.75, 3.05) is 6.54 Å². The normalized spacial score (nSPS) is 20.1. The number of carboxylic acids is 1. The van der Waals surface area contributed by atoms with Gasteiger partial charge in [-0.3, -0.25) is 4.79 Å². The van der Waals surface area contributed by atoms with E-state index >= 15 is 0 Å². The van der Waals surface area contributed by atoms with E-state index in [9.17, 15) is 9.59 Å². The summed E-state index contributed by atoms with van der Waals surface area (Å²) in [4.78, 5) is 24.7. The SMILES string of the molecule is C[C@H](Oc1ccccc1)C(=O)N1CCC[C@H]1C(=O)O. The van der Waals surface area contributed by atoms with Crippen molar-refractivity contribution in [2.24, 2.45) is 0 Å². The highest BCUT2D eigenvalue weighted by Gasteiger charge is 2.36. The van der Waals surface area contributed by atoms with Crippen molar-refractivity contribution in [1.82, 2.24) is 4.90 Å². The molecule has 0 aliphatic carbocycles. The molecule has 0 aromatic heterocycles. The first kappa shape index (κ1) is 13.4. The zero-order valence-electron chi connectivity index (χ0n) is 10.8. The van der Waals surface area contributed by atoms with Gasteiger partial charge in [-0.1, -0.05) is 18.2 Å². The number of hydrogen-bond acceptors (Lipinski definition) is 3. The molecular weight excluding hydrogens is 246 g/mol. The Kier molecular flexibility index (Phi) is 4.04. The van der Waals surface area contributed by atoms with Gasteiger partial charge >= 0.3 is 5.97 Å². The molecule has 1 N–H and O–H groups in total. The van der Waals surface area contributed by atoms with Crippen molar-refractivity contribution >= 4 is 11.9 Å². The van der Waals surface area contributed by atoms with Crippen LogP contribution in [0.3, 0.4) is 0 Å². The van der Waals surface area contributed by atoms with Gasteiger partial charge in [-0.05, 0) is 31.9 Å². The Morgan fingerprint density at radius 2 is 2.05 bits per heavy atom. The molecule has 1 fully saturated rings. The fourth-order valence-corrected chi connectivity index (χ4v) is 2.27. The second-order valence-electron chi connectivity index (χ2n) is 4.60. The average molecular weight is 263 g/mol. The first-order chi connectivity index (χ1) is 9.09. The van der Waals surface area contributed by atoms with Crippen molar-refractivity contribution in [3.63, 3.8) is 0 Å². The molecule has 1 amide bonds. The topological polar surface area (TPSA) is 66.8 Å². The Balaban J connectivity index is 2.01. The highest BCUT2D eigenvalue weighted by Crippen LogP contribution is 2.20. The molecule has 1 aliphatic heterocycles. The van der Waals surface area contributed by atoms with Crippen LogP contribution in [0.25, 0.3) is 0 Å². The smallest absolute Gasteiger partial charge is 0.326 e. The quantitative estimate of drug-likeness (QED) is 0.894. The summed E-state index contributed by atoms with van der Waals surface area (Å²) in [5.74, 6) is -0.610. The maximum absolute atomic E-state index is 12.2. The molecule has 1 heterocycles. The van der Waals surface area contributed by atoms with E-state index in [-0.39, 0.29) is 5.91 Å². The lowest BCUT2D eigenvalue weighted by atomic mass is 10.2. The lowest BCUT2D eigenvalue weighted by Crippen LogP contribution is -2.46. The van der Waals surface area contributed by atoms with Crippen LogP contribution in [-0.2, 0) is 9.59 Å². The zero-order valence-corrected chi connectivity index (χ0v) is 10.8. The molecule has 0 bridgehead atoms. The van der Waals surface area contributed by atoms with Gasteiger partial charge in [0.1, 0.15) is 11.8 Å². The van der Waals surface area contributed by atoms with Crippen molar-refractivity contribution in [1.29, 1.82) is 0 Å². The number of carboxylic acid groups (broad SMARTS) is 1. The van der Waals surface area contributed by atoms with Crippen LogP contribution in [0.5, 0.6) is 5.75 Å². The second-order valence-corrected chi connectivity index (χ2v) is 4.60. The van der Waals surface area contributed by atoms with Crippen LogP contribution in [0, 0.1) is 0 Å². The molecule has 1 aromatic rings. The van der Waals surface area contributed by atoms with E-state index in [0.717, 1.165) is 6.42 Å². The Bertz CT molecular complexity index is 460. The first-order valence-corrected chi connectivity index (χ1v) is 6.34. The van der Waals surface area contributed by atoms with Gasteiger partial charge < -0.3 is 14.7 Å². The molecule has 5 nitrogen and oxygen atoms in total. The van der Waals surface area contributed by atoms with Crippen molar-refractivity contribution < 1.29 is 19.4 Å². The Morgan fingerprint density at radius 1 is 1.37 bits per heavy atom. The number of nitrogens with zero attached hydrogens (tertiary/aromatic N) is 1. The highest BCUT2D eigenvalue weighted by atomic mass is 16.5. The summed E-state index contributed by atoms with van der Waals surface area (Å²) >= 11 is 0. The zero-order chi connectivity index (χ0) is 13.8. The predicted molar refractivity (Wildman–Crippen MR) is 68.9 cm³/mol. The Labute approximate surface area is 111 Å². The van der Waals surface area contributed by atoms with Crippen molar-refractivity contribution in [2.45, 2.75) is 31.9 Å². The Morgan fingerprint density at radius 3 is 2.68 bits per heavy atom. The molecule has 19 heavy (non-hydrogen) atoms. The molecule has 2 atom stereocenters. The summed E-state index contributed by atoms with van der Waals surface area (Å²) in [5, 5.41) is 9.07. The van der Waals surface area contributed by atoms with E-state index in [0.29, 0.717) is 18.7 Å². The van der Waals surface area contributed by atoms with Crippen LogP contribution >= 0.6 is 0 Å². The maximum atomic E-state index is 12.2. The molecule has 102 valence electrons. The Hall–Kier alpha value is -2.04. The van der Waals surface area contributed by atoms with Crippen LogP contribution in [0.4, 0.5) is 0 Å². The van der Waals surface area contributed by atoms with E-state index < -0.39 is 18.1 Å². The van der Waals surface area contributed by atoms with Gasteiger partial charge in [-0.15, -0.1) is 0 Å². The standard InChI is InChI=1S/C14H17NO4/c1-10(19-11-6-3-2-4-7-11)13(16)15-9-5-8-12(15)14(17)18/h2-4,6-7,10,12H,5,8-9H2,1H3,(H,17,18)/t10-,12-/m0/s1. The third kappa shape index (κ3) is 3.05. The van der Waals surface area contributed by atoms with Gasteiger partial charge in [0.2, 0.25) is 0 Å². The molecule has 0 saturated carbocycles. The number of carbonyl (C=O) groups is 2. The number of aliphatic carboxylic acids is 1. The minimum Gasteiger partial charge on any atom is -0.481 e. The van der Waals surface area contributed by atoms with Gasteiger partial charge in [-0.2, -0.15) is 0 Å². The number of carbonyl (C=O) groups excluding carboxylic acids is 1. The molecule has 1 aliphatic rings. The molecule has 1 aromatic carbocycles. The molecule has 0 unspecified atom stereocenters.